The van der Waals surface area contributed by atoms with E-state index in [1.807, 2.05) is 67.7 Å². The summed E-state index contributed by atoms with van der Waals surface area (Å²) in [6, 6.07) is 17.4. The molecule has 0 saturated carbocycles. The first kappa shape index (κ1) is 15.4. The van der Waals surface area contributed by atoms with E-state index in [4.69, 9.17) is 4.74 Å². The van der Waals surface area contributed by atoms with Crippen LogP contribution in [0.15, 0.2) is 66.4 Å². The third-order valence-electron chi connectivity index (χ3n) is 4.41. The van der Waals surface area contributed by atoms with E-state index in [0.717, 1.165) is 46.7 Å². The maximum absolute atomic E-state index is 12.7. The van der Waals surface area contributed by atoms with Crippen LogP contribution >= 0.6 is 0 Å². The van der Waals surface area contributed by atoms with Gasteiger partial charge < -0.3 is 4.74 Å². The molecule has 0 fully saturated rings. The Bertz CT molecular complexity index is 955. The van der Waals surface area contributed by atoms with Crippen molar-refractivity contribution < 1.29 is 9.53 Å². The summed E-state index contributed by atoms with van der Waals surface area (Å²) in [5.74, 6) is 1.62. The second kappa shape index (κ2) is 6.40. The van der Waals surface area contributed by atoms with Gasteiger partial charge in [-0.1, -0.05) is 30.3 Å². The minimum Gasteiger partial charge on any atom is -0.457 e. The van der Waals surface area contributed by atoms with Gasteiger partial charge in [0.2, 0.25) is 0 Å². The molecule has 0 amide bonds. The van der Waals surface area contributed by atoms with Gasteiger partial charge in [-0.25, -0.2) is 0 Å². The zero-order valence-corrected chi connectivity index (χ0v) is 14.0. The molecule has 4 rings (SSSR count). The van der Waals surface area contributed by atoms with Crippen LogP contribution in [0.1, 0.15) is 28.0 Å². The van der Waals surface area contributed by atoms with Gasteiger partial charge in [0.05, 0.1) is 11.8 Å². The molecular weight excluding hydrogens is 312 g/mol. The van der Waals surface area contributed by atoms with Gasteiger partial charge >= 0.3 is 0 Å². The Balaban J connectivity index is 1.60. The summed E-state index contributed by atoms with van der Waals surface area (Å²) in [5, 5.41) is 4.20. The quantitative estimate of drug-likeness (QED) is 0.668. The van der Waals surface area contributed by atoms with E-state index in [1.54, 1.807) is 10.9 Å². The number of allylic oxidation sites excluding steroid dienone is 1. The predicted octanol–water partition coefficient (Wildman–Crippen LogP) is 4.42. The molecule has 0 aliphatic heterocycles. The number of fused-ring (bicyclic) bond motifs is 1. The maximum Gasteiger partial charge on any atom is 0.192 e. The van der Waals surface area contributed by atoms with E-state index in [9.17, 15) is 4.79 Å². The normalized spacial score (nSPS) is 15.2. The molecule has 25 heavy (non-hydrogen) atoms. The molecule has 1 aliphatic carbocycles. The molecule has 4 nitrogen and oxygen atoms in total. The van der Waals surface area contributed by atoms with Crippen LogP contribution in [0.25, 0.3) is 6.08 Å². The number of aryl methyl sites for hydroxylation is 1. The van der Waals surface area contributed by atoms with Gasteiger partial charge in [-0.2, -0.15) is 5.10 Å². The molecule has 1 aliphatic rings. The molecule has 0 atom stereocenters. The predicted molar refractivity (Wildman–Crippen MR) is 96.8 cm³/mol. The van der Waals surface area contributed by atoms with Crippen LogP contribution in [-0.2, 0) is 13.5 Å². The van der Waals surface area contributed by atoms with Gasteiger partial charge in [0, 0.05) is 18.3 Å². The lowest BCUT2D eigenvalue weighted by molar-refractivity contribution is 0.102. The van der Waals surface area contributed by atoms with E-state index in [-0.39, 0.29) is 5.78 Å². The number of para-hydroxylation sites is 1. The SMILES string of the molecule is Cn1ncc2c1CCC(=Cc1cccc(Oc3ccccc3)c1)C2=O. The number of ketones is 1. The number of ether oxygens (including phenoxy) is 1. The third kappa shape index (κ3) is 3.11. The Hall–Kier alpha value is -3.14. The number of carbonyl (C=O) groups excluding carboxylic acids is 1. The fraction of sp³-hybridized carbons (Fsp3) is 0.143. The van der Waals surface area contributed by atoms with Crippen LogP contribution in [0.2, 0.25) is 0 Å². The average molecular weight is 330 g/mol. The van der Waals surface area contributed by atoms with E-state index in [2.05, 4.69) is 5.10 Å². The van der Waals surface area contributed by atoms with Gasteiger partial charge in [0.1, 0.15) is 11.5 Å². The highest BCUT2D eigenvalue weighted by Crippen LogP contribution is 2.28. The van der Waals surface area contributed by atoms with Crippen molar-refractivity contribution in [3.63, 3.8) is 0 Å². The zero-order valence-electron chi connectivity index (χ0n) is 14.0. The summed E-state index contributed by atoms with van der Waals surface area (Å²) >= 11 is 0. The van der Waals surface area contributed by atoms with Gasteiger partial charge in [0.25, 0.3) is 0 Å². The Morgan fingerprint density at radius 3 is 2.68 bits per heavy atom. The summed E-state index contributed by atoms with van der Waals surface area (Å²) in [6.45, 7) is 0. The number of rotatable bonds is 3. The van der Waals surface area contributed by atoms with Gasteiger partial charge in [-0.05, 0) is 48.7 Å². The molecule has 3 aromatic rings. The fourth-order valence-corrected chi connectivity index (χ4v) is 3.12. The van der Waals surface area contributed by atoms with E-state index < -0.39 is 0 Å². The molecule has 0 saturated heterocycles. The largest absolute Gasteiger partial charge is 0.457 e. The van der Waals surface area contributed by atoms with Crippen molar-refractivity contribution in [3.8, 4) is 11.5 Å². The first-order valence-corrected chi connectivity index (χ1v) is 8.30. The average Bonchev–Trinajstić information content (AvgIpc) is 3.00. The van der Waals surface area contributed by atoms with Crippen LogP contribution in [0.3, 0.4) is 0 Å². The lowest BCUT2D eigenvalue weighted by Gasteiger charge is -2.14. The van der Waals surface area contributed by atoms with Gasteiger partial charge in [-0.3, -0.25) is 9.48 Å². The minimum absolute atomic E-state index is 0.0729. The van der Waals surface area contributed by atoms with Crippen LogP contribution in [0.5, 0.6) is 11.5 Å². The van der Waals surface area contributed by atoms with Gasteiger partial charge in [0.15, 0.2) is 5.78 Å². The first-order chi connectivity index (χ1) is 12.2. The van der Waals surface area contributed by atoms with Crippen molar-refractivity contribution in [1.29, 1.82) is 0 Å². The van der Waals surface area contributed by atoms with Crippen molar-refractivity contribution >= 4 is 11.9 Å². The Morgan fingerprint density at radius 2 is 1.84 bits per heavy atom. The molecule has 2 aromatic carbocycles. The Morgan fingerprint density at radius 1 is 1.04 bits per heavy atom. The molecule has 1 heterocycles. The molecule has 0 bridgehead atoms. The van der Waals surface area contributed by atoms with Crippen molar-refractivity contribution in [1.82, 2.24) is 9.78 Å². The number of nitrogens with zero attached hydrogens (tertiary/aromatic N) is 2. The molecule has 0 spiro atoms. The van der Waals surface area contributed by atoms with Crippen LogP contribution in [0, 0.1) is 0 Å². The minimum atomic E-state index is 0.0729. The van der Waals surface area contributed by atoms with Crippen LogP contribution < -0.4 is 4.74 Å². The summed E-state index contributed by atoms with van der Waals surface area (Å²) in [4.78, 5) is 12.7. The molecular formula is C21H18N2O2. The highest BCUT2D eigenvalue weighted by atomic mass is 16.5. The molecule has 1 aromatic heterocycles. The van der Waals surface area contributed by atoms with E-state index >= 15 is 0 Å². The number of carbonyl (C=O) groups is 1. The maximum atomic E-state index is 12.7. The fourth-order valence-electron chi connectivity index (χ4n) is 3.12. The lowest BCUT2D eigenvalue weighted by Crippen LogP contribution is -2.14. The standard InChI is InChI=1S/C21H18N2O2/c1-23-20-11-10-16(21(24)19(20)14-22-23)12-15-6-5-9-18(13-15)25-17-7-3-2-4-8-17/h2-9,12-14H,10-11H2,1H3. The zero-order chi connectivity index (χ0) is 17.2. The first-order valence-electron chi connectivity index (χ1n) is 8.30. The molecule has 0 N–H and O–H groups in total. The third-order valence-corrected chi connectivity index (χ3v) is 4.41. The second-order valence-corrected chi connectivity index (χ2v) is 6.11. The summed E-state index contributed by atoms with van der Waals surface area (Å²) in [5.41, 5.74) is 3.52. The second-order valence-electron chi connectivity index (χ2n) is 6.11. The van der Waals surface area contributed by atoms with E-state index in [0.29, 0.717) is 0 Å². The van der Waals surface area contributed by atoms with E-state index in [1.165, 1.54) is 0 Å². The Labute approximate surface area is 146 Å². The number of benzene rings is 2. The number of Topliss-reactive ketones (excluding diaryl/α,β-unsaturated/α-hetero) is 1. The summed E-state index contributed by atoms with van der Waals surface area (Å²) < 4.78 is 7.66. The number of hydrogen-bond donors (Lipinski definition) is 0. The lowest BCUT2D eigenvalue weighted by atomic mass is 9.90. The van der Waals surface area contributed by atoms with Gasteiger partial charge in [-0.15, -0.1) is 0 Å². The van der Waals surface area contributed by atoms with Crippen LogP contribution in [-0.4, -0.2) is 15.6 Å². The highest BCUT2D eigenvalue weighted by molar-refractivity contribution is 6.12. The monoisotopic (exact) mass is 330 g/mol. The topological polar surface area (TPSA) is 44.1 Å². The van der Waals surface area contributed by atoms with Crippen molar-refractivity contribution in [2.45, 2.75) is 12.8 Å². The molecule has 124 valence electrons. The summed E-state index contributed by atoms with van der Waals surface area (Å²) in [6.07, 6.45) is 5.19. The summed E-state index contributed by atoms with van der Waals surface area (Å²) in [7, 11) is 1.88. The van der Waals surface area contributed by atoms with Crippen molar-refractivity contribution in [2.24, 2.45) is 7.05 Å². The molecule has 4 heteroatoms. The Kier molecular flexibility index (Phi) is 3.94. The van der Waals surface area contributed by atoms with Crippen molar-refractivity contribution in [3.05, 3.63) is 83.2 Å². The number of hydrogen-bond acceptors (Lipinski definition) is 3. The smallest absolute Gasteiger partial charge is 0.192 e. The van der Waals surface area contributed by atoms with Crippen LogP contribution in [0.4, 0.5) is 0 Å². The van der Waals surface area contributed by atoms with Crippen molar-refractivity contribution in [2.75, 3.05) is 0 Å². The highest BCUT2D eigenvalue weighted by Gasteiger charge is 2.24. The number of aromatic nitrogens is 2. The molecule has 0 unspecified atom stereocenters. The molecule has 0 radical (unpaired) electrons.